The Bertz CT molecular complexity index is 1140. The van der Waals surface area contributed by atoms with E-state index in [1.807, 2.05) is 30.3 Å². The van der Waals surface area contributed by atoms with Gasteiger partial charge in [-0.05, 0) is 25.8 Å². The molecule has 0 unspecified atom stereocenters. The van der Waals surface area contributed by atoms with Crippen LogP contribution in [0.1, 0.15) is 30.7 Å². The Balaban J connectivity index is 1.84. The monoisotopic (exact) mass is 486 g/mol. The van der Waals surface area contributed by atoms with Crippen LogP contribution in [0.4, 0.5) is 8.78 Å². The van der Waals surface area contributed by atoms with Crippen molar-refractivity contribution in [1.82, 2.24) is 9.13 Å². The van der Waals surface area contributed by atoms with Crippen molar-refractivity contribution in [3.8, 4) is 0 Å². The Morgan fingerprint density at radius 2 is 1.85 bits per heavy atom. The standard InChI is InChI=1S/C22H29F2N2O6P/c1-14-11-25(20-18(27)15(2)17(32-20)10-22(23,24)33(3,4)30)21(29)26(19(14)28)13-31-12-16-8-6-5-7-9-16/h5-9,11,15,17-18,20,27H,10,12-13H2,1-4H3/t15-,17-,18-,20-/m1/s1. The van der Waals surface area contributed by atoms with Gasteiger partial charge in [0.25, 0.3) is 11.2 Å². The van der Waals surface area contributed by atoms with Crippen molar-refractivity contribution in [3.63, 3.8) is 0 Å². The Morgan fingerprint density at radius 1 is 1.21 bits per heavy atom. The number of aliphatic hydroxyl groups is 1. The van der Waals surface area contributed by atoms with Crippen LogP contribution >= 0.6 is 7.14 Å². The zero-order valence-corrected chi connectivity index (χ0v) is 19.9. The van der Waals surface area contributed by atoms with Crippen LogP contribution < -0.4 is 11.2 Å². The molecule has 33 heavy (non-hydrogen) atoms. The third kappa shape index (κ3) is 5.35. The molecule has 0 aliphatic carbocycles. The van der Waals surface area contributed by atoms with Crippen molar-refractivity contribution in [2.75, 3.05) is 13.3 Å². The summed E-state index contributed by atoms with van der Waals surface area (Å²) in [5, 5.41) is 10.7. The van der Waals surface area contributed by atoms with Gasteiger partial charge >= 0.3 is 5.69 Å². The summed E-state index contributed by atoms with van der Waals surface area (Å²) < 4.78 is 53.9. The molecule has 8 nitrogen and oxygen atoms in total. The molecule has 2 heterocycles. The molecule has 1 aliphatic rings. The molecule has 1 saturated heterocycles. The summed E-state index contributed by atoms with van der Waals surface area (Å²) in [6.07, 6.45) is -3.30. The van der Waals surface area contributed by atoms with Crippen LogP contribution in [0.3, 0.4) is 0 Å². The molecule has 1 aliphatic heterocycles. The zero-order valence-electron chi connectivity index (χ0n) is 19.0. The van der Waals surface area contributed by atoms with Crippen molar-refractivity contribution in [3.05, 3.63) is 68.5 Å². The van der Waals surface area contributed by atoms with Gasteiger partial charge in [-0.15, -0.1) is 0 Å². The first-order valence-corrected chi connectivity index (χ1v) is 13.1. The largest absolute Gasteiger partial charge is 0.388 e. The fourth-order valence-corrected chi connectivity index (χ4v) is 4.29. The number of hydrogen-bond donors (Lipinski definition) is 1. The van der Waals surface area contributed by atoms with Gasteiger partial charge in [0, 0.05) is 24.1 Å². The van der Waals surface area contributed by atoms with Crippen LogP contribution in [-0.2, 0) is 27.4 Å². The lowest BCUT2D eigenvalue weighted by atomic mass is 9.98. The highest BCUT2D eigenvalue weighted by Gasteiger charge is 2.51. The summed E-state index contributed by atoms with van der Waals surface area (Å²) in [4.78, 5) is 25.6. The molecule has 3 rings (SSSR count). The van der Waals surface area contributed by atoms with Gasteiger partial charge in [0.05, 0.1) is 12.7 Å². The van der Waals surface area contributed by atoms with Gasteiger partial charge in [-0.25, -0.2) is 9.36 Å². The smallest absolute Gasteiger partial charge is 0.335 e. The fraction of sp³-hybridized carbons (Fsp3) is 0.545. The van der Waals surface area contributed by atoms with Gasteiger partial charge in [-0.1, -0.05) is 37.3 Å². The number of halogens is 2. The van der Waals surface area contributed by atoms with Crippen molar-refractivity contribution in [1.29, 1.82) is 0 Å². The lowest BCUT2D eigenvalue weighted by molar-refractivity contribution is -0.0644. The van der Waals surface area contributed by atoms with Gasteiger partial charge in [0.1, 0.15) is 20.0 Å². The van der Waals surface area contributed by atoms with E-state index < -0.39 is 54.8 Å². The molecule has 2 aromatic rings. The van der Waals surface area contributed by atoms with E-state index in [0.717, 1.165) is 28.0 Å². The van der Waals surface area contributed by atoms with Crippen molar-refractivity contribution < 1.29 is 27.9 Å². The summed E-state index contributed by atoms with van der Waals surface area (Å²) >= 11 is 0. The zero-order chi connectivity index (χ0) is 24.6. The minimum atomic E-state index is -3.75. The van der Waals surface area contributed by atoms with E-state index in [2.05, 4.69) is 0 Å². The first-order chi connectivity index (χ1) is 15.3. The number of hydrogen-bond acceptors (Lipinski definition) is 6. The first-order valence-electron chi connectivity index (χ1n) is 10.5. The summed E-state index contributed by atoms with van der Waals surface area (Å²) in [7, 11) is -3.75. The van der Waals surface area contributed by atoms with Gasteiger partial charge < -0.3 is 19.1 Å². The minimum Gasteiger partial charge on any atom is -0.388 e. The minimum absolute atomic E-state index is 0.172. The molecule has 182 valence electrons. The molecule has 1 fully saturated rings. The average molecular weight is 486 g/mol. The number of aliphatic hydroxyl groups excluding tert-OH is 1. The summed E-state index contributed by atoms with van der Waals surface area (Å²) in [6, 6.07) is 9.19. The van der Waals surface area contributed by atoms with E-state index in [1.54, 1.807) is 0 Å². The third-order valence-corrected chi connectivity index (χ3v) is 7.70. The predicted molar refractivity (Wildman–Crippen MR) is 119 cm³/mol. The Morgan fingerprint density at radius 3 is 2.45 bits per heavy atom. The number of nitrogens with zero attached hydrogens (tertiary/aromatic N) is 2. The Kier molecular flexibility index (Phi) is 7.43. The van der Waals surface area contributed by atoms with E-state index in [0.29, 0.717) is 0 Å². The molecule has 4 atom stereocenters. The number of aryl methyl sites for hydroxylation is 1. The van der Waals surface area contributed by atoms with Crippen LogP contribution in [0.25, 0.3) is 0 Å². The van der Waals surface area contributed by atoms with Crippen LogP contribution in [0.2, 0.25) is 0 Å². The number of alkyl halides is 2. The summed E-state index contributed by atoms with van der Waals surface area (Å²) in [5.41, 5.74) is -3.78. The Labute approximate surface area is 190 Å². The van der Waals surface area contributed by atoms with Gasteiger partial charge in [0.15, 0.2) is 6.23 Å². The van der Waals surface area contributed by atoms with Crippen molar-refractivity contribution >= 4 is 7.14 Å². The highest BCUT2D eigenvalue weighted by atomic mass is 31.2. The Hall–Kier alpha value is -2.13. The molecule has 1 N–H and O–H groups in total. The van der Waals surface area contributed by atoms with Crippen LogP contribution in [0, 0.1) is 12.8 Å². The molecule has 11 heteroatoms. The number of rotatable bonds is 8. The second-order valence-electron chi connectivity index (χ2n) is 8.83. The summed E-state index contributed by atoms with van der Waals surface area (Å²) in [5.74, 6) is -0.755. The van der Waals surface area contributed by atoms with Crippen LogP contribution in [0.15, 0.2) is 46.1 Å². The SMILES string of the molecule is Cc1cn([C@@H]2O[C@H](CC(F)(F)P(C)(C)=O)[C@@H](C)[C@H]2O)c(=O)n(COCc2ccccc2)c1=O. The highest BCUT2D eigenvalue weighted by Crippen LogP contribution is 2.57. The van der Waals surface area contributed by atoms with E-state index in [1.165, 1.54) is 20.0 Å². The normalized spacial score (nSPS) is 23.7. The molecule has 0 radical (unpaired) electrons. The molecular weight excluding hydrogens is 457 g/mol. The second kappa shape index (κ2) is 9.62. The van der Waals surface area contributed by atoms with Crippen molar-refractivity contribution in [2.45, 2.75) is 57.7 Å². The van der Waals surface area contributed by atoms with Crippen molar-refractivity contribution in [2.24, 2.45) is 5.92 Å². The third-order valence-electron chi connectivity index (χ3n) is 5.94. The number of benzene rings is 1. The van der Waals surface area contributed by atoms with Gasteiger partial charge in [-0.3, -0.25) is 9.36 Å². The number of aromatic nitrogens is 2. The molecule has 1 aromatic carbocycles. The average Bonchev–Trinajstić information content (AvgIpc) is 3.01. The van der Waals surface area contributed by atoms with E-state index in [4.69, 9.17) is 9.47 Å². The second-order valence-corrected chi connectivity index (χ2v) is 12.2. The fourth-order valence-electron chi connectivity index (χ4n) is 3.67. The van der Waals surface area contributed by atoms with E-state index in [9.17, 15) is 28.0 Å². The number of ether oxygens (including phenoxy) is 2. The topological polar surface area (TPSA) is 99.8 Å². The van der Waals surface area contributed by atoms with Crippen LogP contribution in [0.5, 0.6) is 0 Å². The molecular formula is C22H29F2N2O6P. The van der Waals surface area contributed by atoms with Gasteiger partial charge in [-0.2, -0.15) is 8.78 Å². The lowest BCUT2D eigenvalue weighted by Crippen LogP contribution is -2.44. The molecule has 1 aromatic heterocycles. The van der Waals surface area contributed by atoms with E-state index in [-0.39, 0.29) is 18.9 Å². The van der Waals surface area contributed by atoms with E-state index >= 15 is 0 Å². The molecule has 0 spiro atoms. The van der Waals surface area contributed by atoms with Gasteiger partial charge in [0.2, 0.25) is 0 Å². The molecule has 0 saturated carbocycles. The quantitative estimate of drug-likeness (QED) is 0.576. The predicted octanol–water partition coefficient (Wildman–Crippen LogP) is 2.99. The highest BCUT2D eigenvalue weighted by molar-refractivity contribution is 7.63. The maximum absolute atomic E-state index is 14.4. The molecule has 0 amide bonds. The maximum Gasteiger partial charge on any atom is 0.335 e. The summed E-state index contributed by atoms with van der Waals surface area (Å²) in [6.45, 7) is 4.86. The molecule has 0 bridgehead atoms. The maximum atomic E-state index is 14.4. The first kappa shape index (κ1) is 25.5. The van der Waals surface area contributed by atoms with Crippen LogP contribution in [-0.4, -0.2) is 45.4 Å². The lowest BCUT2D eigenvalue weighted by Gasteiger charge is -2.25.